The van der Waals surface area contributed by atoms with Crippen molar-refractivity contribution in [3.63, 3.8) is 0 Å². The number of nitrogens with one attached hydrogen (secondary N) is 1. The predicted molar refractivity (Wildman–Crippen MR) is 170 cm³/mol. The first-order valence-corrected chi connectivity index (χ1v) is 15.0. The van der Waals surface area contributed by atoms with Gasteiger partial charge in [-0.2, -0.15) is 0 Å². The highest BCUT2D eigenvalue weighted by Crippen LogP contribution is 2.35. The summed E-state index contributed by atoms with van der Waals surface area (Å²) in [5.74, 6) is -0.917. The molecule has 1 saturated heterocycles. The number of amides is 2. The molecule has 4 rings (SSSR count). The quantitative estimate of drug-likeness (QED) is 0.158. The highest BCUT2D eigenvalue weighted by atomic mass is 16.6. The Hall–Kier alpha value is -5.10. The molecule has 0 saturated carbocycles. The first kappa shape index (κ1) is 34.8. The summed E-state index contributed by atoms with van der Waals surface area (Å²) in [6.45, 7) is 8.49. The maximum Gasteiger partial charge on any atom is 0.413 e. The number of methoxy groups -OCH3 is 1. The molecular weight excluding hydrogens is 608 g/mol. The van der Waals surface area contributed by atoms with Gasteiger partial charge in [0.25, 0.3) is 0 Å². The Morgan fingerprint density at radius 1 is 1.00 bits per heavy atom. The minimum absolute atomic E-state index is 0.0130. The van der Waals surface area contributed by atoms with E-state index in [0.717, 1.165) is 5.56 Å². The summed E-state index contributed by atoms with van der Waals surface area (Å²) in [5.41, 5.74) is -0.167. The number of hydrogen-bond donors (Lipinski definition) is 2. The molecule has 2 atom stereocenters. The monoisotopic (exact) mass is 648 g/mol. The van der Waals surface area contributed by atoms with E-state index in [2.05, 4.69) is 5.32 Å². The van der Waals surface area contributed by atoms with Gasteiger partial charge in [0.05, 0.1) is 13.7 Å². The van der Waals surface area contributed by atoms with Crippen LogP contribution in [0.4, 0.5) is 9.59 Å². The van der Waals surface area contributed by atoms with Gasteiger partial charge in [-0.15, -0.1) is 0 Å². The van der Waals surface area contributed by atoms with Gasteiger partial charge in [0.15, 0.2) is 17.3 Å². The lowest BCUT2D eigenvalue weighted by Gasteiger charge is -2.32. The number of rotatable bonds is 10. The van der Waals surface area contributed by atoms with Gasteiger partial charge >= 0.3 is 18.2 Å². The van der Waals surface area contributed by atoms with Crippen LogP contribution in [0, 0.1) is 0 Å². The Balaban J connectivity index is 1.45. The number of carbonyl (C=O) groups excluding carboxylic acids is 4. The molecule has 0 aliphatic carbocycles. The standard InChI is InChI=1S/C35H40N2O10/c1-34(2,3)47-32(41)36-26(31(40)43-6)18-22-12-15-25(16-13-22)46-29-19-24(14-17-28(29)38)30(39)27-21-45-35(4,5)37(27)33(42)44-20-23-10-8-7-9-11-23/h7-17,19,26-27,38H,18,20-21H2,1-6H3,(H,36,41)/t26-,27-/m0/s1. The summed E-state index contributed by atoms with van der Waals surface area (Å²) in [6, 6.07) is 18.0. The van der Waals surface area contributed by atoms with Gasteiger partial charge < -0.3 is 34.1 Å². The number of ketones is 1. The van der Waals surface area contributed by atoms with E-state index >= 15 is 0 Å². The Morgan fingerprint density at radius 3 is 2.32 bits per heavy atom. The number of esters is 1. The fourth-order valence-electron chi connectivity index (χ4n) is 4.91. The summed E-state index contributed by atoms with van der Waals surface area (Å²) in [4.78, 5) is 52.7. The first-order chi connectivity index (χ1) is 22.2. The number of carbonyl (C=O) groups is 4. The van der Waals surface area contributed by atoms with Crippen LogP contribution >= 0.6 is 0 Å². The first-order valence-electron chi connectivity index (χ1n) is 15.0. The molecule has 1 heterocycles. The largest absolute Gasteiger partial charge is 0.504 e. The number of Topliss-reactive ketones (excluding diaryl/α,β-unsaturated/α-hetero) is 1. The third-order valence-corrected chi connectivity index (χ3v) is 7.20. The molecule has 1 aliphatic rings. The normalized spacial score (nSPS) is 16.1. The zero-order chi connectivity index (χ0) is 34.4. The van der Waals surface area contributed by atoms with E-state index in [-0.39, 0.29) is 36.7 Å². The maximum absolute atomic E-state index is 13.7. The van der Waals surface area contributed by atoms with Gasteiger partial charge in [-0.1, -0.05) is 42.5 Å². The van der Waals surface area contributed by atoms with Crippen molar-refractivity contribution >= 4 is 23.9 Å². The number of nitrogens with zero attached hydrogens (tertiary/aromatic N) is 1. The lowest BCUT2D eigenvalue weighted by molar-refractivity contribution is -0.143. The van der Waals surface area contributed by atoms with Crippen molar-refractivity contribution in [3.8, 4) is 17.2 Å². The van der Waals surface area contributed by atoms with Crippen molar-refractivity contribution in [2.45, 2.75) is 71.1 Å². The topological polar surface area (TPSA) is 150 Å². The van der Waals surface area contributed by atoms with Crippen LogP contribution in [0.15, 0.2) is 72.8 Å². The van der Waals surface area contributed by atoms with Crippen molar-refractivity contribution in [2.75, 3.05) is 13.7 Å². The van der Waals surface area contributed by atoms with E-state index in [1.165, 1.54) is 30.2 Å². The van der Waals surface area contributed by atoms with Crippen LogP contribution in [-0.4, -0.2) is 71.1 Å². The average molecular weight is 649 g/mol. The summed E-state index contributed by atoms with van der Waals surface area (Å²) in [6.07, 6.45) is -1.33. The van der Waals surface area contributed by atoms with E-state index in [0.29, 0.717) is 11.3 Å². The van der Waals surface area contributed by atoms with Gasteiger partial charge in [0.2, 0.25) is 0 Å². The van der Waals surface area contributed by atoms with Crippen LogP contribution in [0.3, 0.4) is 0 Å². The molecule has 0 aromatic heterocycles. The van der Waals surface area contributed by atoms with Gasteiger partial charge in [0.1, 0.15) is 35.8 Å². The number of aromatic hydroxyl groups is 1. The molecule has 3 aromatic carbocycles. The van der Waals surface area contributed by atoms with Crippen molar-refractivity contribution in [1.82, 2.24) is 10.2 Å². The third-order valence-electron chi connectivity index (χ3n) is 7.20. The number of phenols is 1. The highest BCUT2D eigenvalue weighted by Gasteiger charge is 2.48. The Labute approximate surface area is 273 Å². The lowest BCUT2D eigenvalue weighted by Crippen LogP contribution is -2.50. The molecule has 47 heavy (non-hydrogen) atoms. The molecule has 1 aliphatic heterocycles. The summed E-state index contributed by atoms with van der Waals surface area (Å²) >= 11 is 0. The van der Waals surface area contributed by atoms with Crippen LogP contribution < -0.4 is 10.1 Å². The average Bonchev–Trinajstić information content (AvgIpc) is 3.35. The third kappa shape index (κ3) is 9.23. The van der Waals surface area contributed by atoms with Crippen molar-refractivity contribution in [2.24, 2.45) is 0 Å². The zero-order valence-corrected chi connectivity index (χ0v) is 27.3. The van der Waals surface area contributed by atoms with Crippen LogP contribution in [0.5, 0.6) is 17.2 Å². The number of phenolic OH excluding ortho intramolecular Hbond substituents is 1. The number of hydrogen-bond acceptors (Lipinski definition) is 10. The summed E-state index contributed by atoms with van der Waals surface area (Å²) < 4.78 is 27.3. The van der Waals surface area contributed by atoms with E-state index in [1.54, 1.807) is 58.9 Å². The molecule has 1 fully saturated rings. The molecular formula is C35H40N2O10. The minimum Gasteiger partial charge on any atom is -0.504 e. The maximum atomic E-state index is 13.7. The number of benzene rings is 3. The summed E-state index contributed by atoms with van der Waals surface area (Å²) in [7, 11) is 1.23. The fourth-order valence-corrected chi connectivity index (χ4v) is 4.91. The number of alkyl carbamates (subject to hydrolysis) is 1. The number of ether oxygens (including phenoxy) is 5. The highest BCUT2D eigenvalue weighted by molar-refractivity contribution is 6.02. The van der Waals surface area contributed by atoms with Crippen LogP contribution in [0.2, 0.25) is 0 Å². The molecule has 2 N–H and O–H groups in total. The van der Waals surface area contributed by atoms with Gasteiger partial charge in [-0.25, -0.2) is 14.4 Å². The van der Waals surface area contributed by atoms with Crippen LogP contribution in [0.1, 0.15) is 56.1 Å². The van der Waals surface area contributed by atoms with Crippen molar-refractivity contribution < 1.29 is 48.0 Å². The predicted octanol–water partition coefficient (Wildman–Crippen LogP) is 5.75. The molecule has 250 valence electrons. The molecule has 0 unspecified atom stereocenters. The molecule has 2 amide bonds. The molecule has 0 radical (unpaired) electrons. The fraction of sp³-hybridized carbons (Fsp3) is 0.371. The van der Waals surface area contributed by atoms with E-state index in [1.807, 2.05) is 30.3 Å². The second-order valence-electron chi connectivity index (χ2n) is 12.4. The SMILES string of the molecule is COC(=O)[C@H](Cc1ccc(Oc2cc(C(=O)[C@@H]3COC(C)(C)N3C(=O)OCc3ccccc3)ccc2O)cc1)NC(=O)OC(C)(C)C. The Bertz CT molecular complexity index is 1580. The molecule has 12 heteroatoms. The molecule has 0 bridgehead atoms. The minimum atomic E-state index is -1.10. The van der Waals surface area contributed by atoms with Gasteiger partial charge in [-0.3, -0.25) is 9.69 Å². The smallest absolute Gasteiger partial charge is 0.413 e. The van der Waals surface area contributed by atoms with Gasteiger partial charge in [-0.05, 0) is 76.1 Å². The van der Waals surface area contributed by atoms with Crippen molar-refractivity contribution in [1.29, 1.82) is 0 Å². The second-order valence-corrected chi connectivity index (χ2v) is 12.4. The Morgan fingerprint density at radius 2 is 1.68 bits per heavy atom. The van der Waals surface area contributed by atoms with Crippen LogP contribution in [0.25, 0.3) is 0 Å². The Kier molecular flexibility index (Phi) is 10.8. The van der Waals surface area contributed by atoms with Crippen LogP contribution in [-0.2, 0) is 36.8 Å². The van der Waals surface area contributed by atoms with E-state index in [9.17, 15) is 24.3 Å². The second kappa shape index (κ2) is 14.5. The van der Waals surface area contributed by atoms with Crippen molar-refractivity contribution in [3.05, 3.63) is 89.5 Å². The molecule has 0 spiro atoms. The molecule has 3 aromatic rings. The molecule has 12 nitrogen and oxygen atoms in total. The van der Waals surface area contributed by atoms with Gasteiger partial charge in [0, 0.05) is 12.0 Å². The van der Waals surface area contributed by atoms with E-state index < -0.39 is 47.3 Å². The zero-order valence-electron chi connectivity index (χ0n) is 27.3. The lowest BCUT2D eigenvalue weighted by atomic mass is 10.0. The van der Waals surface area contributed by atoms with E-state index in [4.69, 9.17) is 23.7 Å². The summed E-state index contributed by atoms with van der Waals surface area (Å²) in [5, 5.41) is 13.1.